The highest BCUT2D eigenvalue weighted by atomic mass is 79.9. The maximum atomic E-state index is 13.1. The zero-order chi connectivity index (χ0) is 15.2. The topological polar surface area (TPSA) is 29.1 Å². The van der Waals surface area contributed by atoms with Gasteiger partial charge in [-0.15, -0.1) is 0 Å². The van der Waals surface area contributed by atoms with Crippen LogP contribution >= 0.6 is 15.9 Å². The SMILES string of the molecule is CCCCCC(C)(C)CNC(=O)c1ccc(F)c(Br)c1. The number of hydrogen-bond donors (Lipinski definition) is 1. The van der Waals surface area contributed by atoms with Gasteiger partial charge in [-0.3, -0.25) is 4.79 Å². The predicted molar refractivity (Wildman–Crippen MR) is 84.4 cm³/mol. The number of rotatable bonds is 7. The summed E-state index contributed by atoms with van der Waals surface area (Å²) < 4.78 is 13.4. The molecule has 0 radical (unpaired) electrons. The molecule has 1 aromatic rings. The van der Waals surface area contributed by atoms with Gasteiger partial charge in [0.1, 0.15) is 5.82 Å². The second-order valence-electron chi connectivity index (χ2n) is 5.93. The molecule has 0 bridgehead atoms. The maximum absolute atomic E-state index is 13.1. The molecule has 0 atom stereocenters. The van der Waals surface area contributed by atoms with E-state index in [0.29, 0.717) is 16.6 Å². The summed E-state index contributed by atoms with van der Waals surface area (Å²) in [5.41, 5.74) is 0.560. The van der Waals surface area contributed by atoms with Gasteiger partial charge in [0.05, 0.1) is 4.47 Å². The van der Waals surface area contributed by atoms with Crippen LogP contribution in [0.2, 0.25) is 0 Å². The minimum atomic E-state index is -0.360. The first kappa shape index (κ1) is 17.2. The molecule has 0 saturated heterocycles. The molecular weight excluding hydrogens is 321 g/mol. The molecule has 0 aliphatic carbocycles. The number of hydrogen-bond acceptors (Lipinski definition) is 1. The van der Waals surface area contributed by atoms with E-state index in [1.54, 1.807) is 0 Å². The zero-order valence-electron chi connectivity index (χ0n) is 12.4. The fourth-order valence-corrected chi connectivity index (χ4v) is 2.38. The molecule has 4 heteroatoms. The predicted octanol–water partition coefficient (Wildman–Crippen LogP) is 4.92. The van der Waals surface area contributed by atoms with E-state index >= 15 is 0 Å². The molecule has 20 heavy (non-hydrogen) atoms. The lowest BCUT2D eigenvalue weighted by Crippen LogP contribution is -2.34. The van der Waals surface area contributed by atoms with Crippen molar-refractivity contribution in [1.82, 2.24) is 5.32 Å². The molecule has 0 unspecified atom stereocenters. The van der Waals surface area contributed by atoms with Crippen LogP contribution in [0.5, 0.6) is 0 Å². The highest BCUT2D eigenvalue weighted by Crippen LogP contribution is 2.23. The number of nitrogens with one attached hydrogen (secondary N) is 1. The molecule has 0 aliphatic rings. The van der Waals surface area contributed by atoms with E-state index in [9.17, 15) is 9.18 Å². The van der Waals surface area contributed by atoms with Crippen molar-refractivity contribution in [2.24, 2.45) is 5.41 Å². The standard InChI is InChI=1S/C16H23BrFNO/c1-4-5-6-9-16(2,3)11-19-15(20)12-7-8-14(18)13(17)10-12/h7-8,10H,4-6,9,11H2,1-3H3,(H,19,20). The summed E-state index contributed by atoms with van der Waals surface area (Å²) in [6, 6.07) is 4.31. The van der Waals surface area contributed by atoms with Crippen LogP contribution in [0.3, 0.4) is 0 Å². The quantitative estimate of drug-likeness (QED) is 0.699. The summed E-state index contributed by atoms with van der Waals surface area (Å²) in [6.07, 6.45) is 4.70. The third-order valence-electron chi connectivity index (χ3n) is 3.37. The lowest BCUT2D eigenvalue weighted by atomic mass is 9.87. The van der Waals surface area contributed by atoms with Gasteiger partial charge in [-0.1, -0.05) is 40.0 Å². The highest BCUT2D eigenvalue weighted by Gasteiger charge is 2.19. The Morgan fingerprint density at radius 2 is 2.05 bits per heavy atom. The van der Waals surface area contributed by atoms with Crippen LogP contribution < -0.4 is 5.32 Å². The van der Waals surface area contributed by atoms with Crippen LogP contribution in [0.25, 0.3) is 0 Å². The molecule has 112 valence electrons. The van der Waals surface area contributed by atoms with Crippen molar-refractivity contribution in [3.05, 3.63) is 34.1 Å². The Hall–Kier alpha value is -0.900. The molecule has 1 N–H and O–H groups in total. The van der Waals surface area contributed by atoms with Gasteiger partial charge in [-0.2, -0.15) is 0 Å². The number of carbonyl (C=O) groups is 1. The average molecular weight is 344 g/mol. The van der Waals surface area contributed by atoms with Gasteiger partial charge in [-0.05, 0) is 46.0 Å². The van der Waals surface area contributed by atoms with Gasteiger partial charge in [0, 0.05) is 12.1 Å². The third-order valence-corrected chi connectivity index (χ3v) is 3.97. The summed E-state index contributed by atoms with van der Waals surface area (Å²) in [4.78, 5) is 12.0. The van der Waals surface area contributed by atoms with Crippen molar-refractivity contribution >= 4 is 21.8 Å². The Morgan fingerprint density at radius 1 is 1.35 bits per heavy atom. The van der Waals surface area contributed by atoms with E-state index in [1.807, 2.05) is 0 Å². The largest absolute Gasteiger partial charge is 0.352 e. The molecule has 2 nitrogen and oxygen atoms in total. The van der Waals surface area contributed by atoms with Crippen LogP contribution in [0, 0.1) is 11.2 Å². The monoisotopic (exact) mass is 343 g/mol. The van der Waals surface area contributed by atoms with Crippen molar-refractivity contribution in [3.8, 4) is 0 Å². The lowest BCUT2D eigenvalue weighted by molar-refractivity contribution is 0.0934. The lowest BCUT2D eigenvalue weighted by Gasteiger charge is -2.25. The van der Waals surface area contributed by atoms with Crippen molar-refractivity contribution in [2.75, 3.05) is 6.54 Å². The van der Waals surface area contributed by atoms with Gasteiger partial charge in [-0.25, -0.2) is 4.39 Å². The van der Waals surface area contributed by atoms with Crippen molar-refractivity contribution in [3.63, 3.8) is 0 Å². The second kappa shape index (κ2) is 7.77. The van der Waals surface area contributed by atoms with Crippen LogP contribution in [-0.2, 0) is 0 Å². The van der Waals surface area contributed by atoms with E-state index in [2.05, 4.69) is 42.0 Å². The average Bonchev–Trinajstić information content (AvgIpc) is 2.39. The number of benzene rings is 1. The zero-order valence-corrected chi connectivity index (χ0v) is 14.0. The number of halogens is 2. The van der Waals surface area contributed by atoms with E-state index in [1.165, 1.54) is 37.5 Å². The fourth-order valence-electron chi connectivity index (χ4n) is 2.00. The molecule has 0 spiro atoms. The molecule has 0 aliphatic heterocycles. The molecule has 0 saturated carbocycles. The van der Waals surface area contributed by atoms with Crippen LogP contribution in [0.1, 0.15) is 56.8 Å². The second-order valence-corrected chi connectivity index (χ2v) is 6.79. The summed E-state index contributed by atoms with van der Waals surface area (Å²) >= 11 is 3.09. The summed E-state index contributed by atoms with van der Waals surface area (Å²) in [5, 5.41) is 2.93. The number of amides is 1. The van der Waals surface area contributed by atoms with Crippen molar-refractivity contribution < 1.29 is 9.18 Å². The minimum Gasteiger partial charge on any atom is -0.352 e. The third kappa shape index (κ3) is 5.61. The molecule has 0 fully saturated rings. The molecule has 0 aromatic heterocycles. The van der Waals surface area contributed by atoms with Crippen molar-refractivity contribution in [2.45, 2.75) is 46.5 Å². The first-order chi connectivity index (χ1) is 9.35. The highest BCUT2D eigenvalue weighted by molar-refractivity contribution is 9.10. The van der Waals surface area contributed by atoms with Crippen LogP contribution in [-0.4, -0.2) is 12.5 Å². The maximum Gasteiger partial charge on any atom is 0.251 e. The fraction of sp³-hybridized carbons (Fsp3) is 0.562. The Bertz CT molecular complexity index is 460. The van der Waals surface area contributed by atoms with E-state index in [-0.39, 0.29) is 17.1 Å². The Balaban J connectivity index is 2.51. The number of carbonyl (C=O) groups excluding carboxylic acids is 1. The molecule has 1 rings (SSSR count). The molecule has 1 aromatic carbocycles. The van der Waals surface area contributed by atoms with Crippen molar-refractivity contribution in [1.29, 1.82) is 0 Å². The Kier molecular flexibility index (Phi) is 6.66. The van der Waals surface area contributed by atoms with Gasteiger partial charge >= 0.3 is 0 Å². The first-order valence-electron chi connectivity index (χ1n) is 7.09. The molecule has 1 amide bonds. The van der Waals surface area contributed by atoms with E-state index < -0.39 is 0 Å². The Morgan fingerprint density at radius 3 is 2.65 bits per heavy atom. The normalized spacial score (nSPS) is 11.4. The van der Waals surface area contributed by atoms with Gasteiger partial charge in [0.15, 0.2) is 0 Å². The Labute approximate surface area is 129 Å². The van der Waals surface area contributed by atoms with Crippen LogP contribution in [0.4, 0.5) is 4.39 Å². The van der Waals surface area contributed by atoms with Gasteiger partial charge in [0.25, 0.3) is 5.91 Å². The summed E-state index contributed by atoms with van der Waals surface area (Å²) in [7, 11) is 0. The summed E-state index contributed by atoms with van der Waals surface area (Å²) in [6.45, 7) is 7.12. The molecule has 0 heterocycles. The first-order valence-corrected chi connectivity index (χ1v) is 7.88. The summed E-state index contributed by atoms with van der Waals surface area (Å²) in [5.74, 6) is -0.518. The minimum absolute atomic E-state index is 0.0854. The van der Waals surface area contributed by atoms with Gasteiger partial charge < -0.3 is 5.32 Å². The van der Waals surface area contributed by atoms with Gasteiger partial charge in [0.2, 0.25) is 0 Å². The van der Waals surface area contributed by atoms with E-state index in [0.717, 1.165) is 6.42 Å². The van der Waals surface area contributed by atoms with E-state index in [4.69, 9.17) is 0 Å². The number of unbranched alkanes of at least 4 members (excludes halogenated alkanes) is 2. The van der Waals surface area contributed by atoms with Crippen LogP contribution in [0.15, 0.2) is 22.7 Å². The molecular formula is C16H23BrFNO. The smallest absolute Gasteiger partial charge is 0.251 e.